The highest BCUT2D eigenvalue weighted by Gasteiger charge is 2.40. The van der Waals surface area contributed by atoms with Crippen LogP contribution in [0.15, 0.2) is 52.2 Å². The number of rotatable bonds is 4. The number of amides is 5. The lowest BCUT2D eigenvalue weighted by molar-refractivity contribution is -0.131. The Hall–Kier alpha value is -3.46. The van der Waals surface area contributed by atoms with Gasteiger partial charge in [0.2, 0.25) is 5.91 Å². The van der Waals surface area contributed by atoms with Gasteiger partial charge >= 0.3 is 11.9 Å². The van der Waals surface area contributed by atoms with Gasteiger partial charge in [-0.25, -0.2) is 15.1 Å². The van der Waals surface area contributed by atoms with Crippen molar-refractivity contribution < 1.29 is 23.6 Å². The highest BCUT2D eigenvalue weighted by molar-refractivity contribution is 6.33. The topological polar surface area (TPSA) is 121 Å². The van der Waals surface area contributed by atoms with Crippen LogP contribution in [0.5, 0.6) is 0 Å². The summed E-state index contributed by atoms with van der Waals surface area (Å²) >= 11 is 5.79. The Morgan fingerprint density at radius 1 is 1.23 bits per heavy atom. The average Bonchev–Trinajstić information content (AvgIpc) is 3.14. The molecule has 1 aliphatic heterocycles. The molecule has 2 heterocycles. The fourth-order valence-corrected chi connectivity index (χ4v) is 2.32. The van der Waals surface area contributed by atoms with Gasteiger partial charge in [0.1, 0.15) is 0 Å². The van der Waals surface area contributed by atoms with Crippen molar-refractivity contribution in [1.82, 2.24) is 10.7 Å². The molecule has 26 heavy (non-hydrogen) atoms. The molecule has 10 heteroatoms. The lowest BCUT2D eigenvalue weighted by atomic mass is 10.1. The van der Waals surface area contributed by atoms with Crippen LogP contribution in [-0.4, -0.2) is 30.0 Å². The van der Waals surface area contributed by atoms with Crippen molar-refractivity contribution in [2.45, 2.75) is 0 Å². The standard InChI is InChI=1S/C16H11ClN4O5/c17-9-3-5-10(6-4-9)21-15(24)11(13(22)19-16(21)25)8-18-20-14(23)12-2-1-7-26-12/h1-8,11H,(H,20,23)(H,19,22,25)/b18-8-/t11-/m1/s1. The Bertz CT molecular complexity index is 892. The van der Waals surface area contributed by atoms with Crippen LogP contribution in [0, 0.1) is 5.92 Å². The number of nitrogens with zero attached hydrogens (tertiary/aromatic N) is 2. The molecule has 1 fully saturated rings. The van der Waals surface area contributed by atoms with E-state index in [4.69, 9.17) is 16.0 Å². The van der Waals surface area contributed by atoms with E-state index in [1.54, 1.807) is 0 Å². The molecule has 3 rings (SSSR count). The number of barbiturate groups is 1. The van der Waals surface area contributed by atoms with Gasteiger partial charge in [-0.1, -0.05) is 11.6 Å². The molecule has 1 aromatic carbocycles. The van der Waals surface area contributed by atoms with Crippen molar-refractivity contribution in [1.29, 1.82) is 0 Å². The number of anilines is 1. The van der Waals surface area contributed by atoms with Crippen molar-refractivity contribution in [3.8, 4) is 0 Å². The summed E-state index contributed by atoms with van der Waals surface area (Å²) in [5.74, 6) is -3.68. The van der Waals surface area contributed by atoms with Crippen LogP contribution in [0.3, 0.4) is 0 Å². The second kappa shape index (κ2) is 7.19. The minimum absolute atomic E-state index is 0.0135. The Kier molecular flexibility index (Phi) is 4.81. The molecule has 2 N–H and O–H groups in total. The molecule has 1 aromatic heterocycles. The predicted molar refractivity (Wildman–Crippen MR) is 90.6 cm³/mol. The highest BCUT2D eigenvalue weighted by Crippen LogP contribution is 2.22. The number of benzene rings is 1. The van der Waals surface area contributed by atoms with E-state index < -0.39 is 29.7 Å². The Balaban J connectivity index is 1.76. The lowest BCUT2D eigenvalue weighted by Gasteiger charge is -2.28. The molecule has 132 valence electrons. The Labute approximate surface area is 151 Å². The zero-order chi connectivity index (χ0) is 18.7. The summed E-state index contributed by atoms with van der Waals surface area (Å²) < 4.78 is 4.88. The normalized spacial score (nSPS) is 17.5. The van der Waals surface area contributed by atoms with Gasteiger partial charge in [-0.15, -0.1) is 0 Å². The van der Waals surface area contributed by atoms with Gasteiger partial charge in [-0.2, -0.15) is 5.10 Å². The van der Waals surface area contributed by atoms with E-state index >= 15 is 0 Å². The second-order valence-electron chi connectivity index (χ2n) is 5.12. The first-order chi connectivity index (χ1) is 12.5. The molecule has 1 saturated heterocycles. The third-order valence-corrected chi connectivity index (χ3v) is 3.67. The summed E-state index contributed by atoms with van der Waals surface area (Å²) in [6, 6.07) is 7.98. The van der Waals surface area contributed by atoms with Crippen LogP contribution in [0.25, 0.3) is 0 Å². The molecule has 0 unspecified atom stereocenters. The Morgan fingerprint density at radius 3 is 2.62 bits per heavy atom. The fourth-order valence-electron chi connectivity index (χ4n) is 2.19. The molecule has 5 amide bonds. The molecule has 0 bridgehead atoms. The number of halogens is 1. The third kappa shape index (κ3) is 3.47. The number of imide groups is 2. The first-order valence-corrected chi connectivity index (χ1v) is 7.66. The average molecular weight is 375 g/mol. The van der Waals surface area contributed by atoms with Crippen molar-refractivity contribution in [3.63, 3.8) is 0 Å². The van der Waals surface area contributed by atoms with Crippen molar-refractivity contribution in [3.05, 3.63) is 53.4 Å². The van der Waals surface area contributed by atoms with Crippen LogP contribution in [-0.2, 0) is 9.59 Å². The number of hydrogen-bond donors (Lipinski definition) is 2. The van der Waals surface area contributed by atoms with Crippen LogP contribution in [0.4, 0.5) is 10.5 Å². The number of nitrogens with one attached hydrogen (secondary N) is 2. The summed E-state index contributed by atoms with van der Waals surface area (Å²) in [6.07, 6.45) is 2.25. The van der Waals surface area contributed by atoms with Crippen molar-refractivity contribution in [2.24, 2.45) is 11.0 Å². The predicted octanol–water partition coefficient (Wildman–Crippen LogP) is 1.55. The summed E-state index contributed by atoms with van der Waals surface area (Å²) in [5.41, 5.74) is 2.37. The second-order valence-corrected chi connectivity index (χ2v) is 5.55. The summed E-state index contributed by atoms with van der Waals surface area (Å²) in [5, 5.41) is 6.08. The maximum Gasteiger partial charge on any atom is 0.335 e. The van der Waals surface area contributed by atoms with E-state index in [2.05, 4.69) is 15.8 Å². The van der Waals surface area contributed by atoms with E-state index in [-0.39, 0.29) is 11.4 Å². The smallest absolute Gasteiger partial charge is 0.335 e. The molecule has 0 saturated carbocycles. The van der Waals surface area contributed by atoms with Gasteiger partial charge in [-0.3, -0.25) is 19.7 Å². The van der Waals surface area contributed by atoms with Crippen molar-refractivity contribution in [2.75, 3.05) is 4.90 Å². The minimum Gasteiger partial charge on any atom is -0.459 e. The van der Waals surface area contributed by atoms with Gasteiger partial charge in [0.15, 0.2) is 11.7 Å². The molecule has 1 aliphatic rings. The van der Waals surface area contributed by atoms with Crippen LogP contribution in [0.2, 0.25) is 5.02 Å². The van der Waals surface area contributed by atoms with Gasteiger partial charge in [0, 0.05) is 11.2 Å². The summed E-state index contributed by atoms with van der Waals surface area (Å²) in [7, 11) is 0. The summed E-state index contributed by atoms with van der Waals surface area (Å²) in [6.45, 7) is 0. The molecule has 0 spiro atoms. The lowest BCUT2D eigenvalue weighted by Crippen LogP contribution is -2.58. The largest absolute Gasteiger partial charge is 0.459 e. The minimum atomic E-state index is -1.39. The van der Waals surface area contributed by atoms with Gasteiger partial charge in [-0.05, 0) is 36.4 Å². The van der Waals surface area contributed by atoms with Crippen LogP contribution in [0.1, 0.15) is 10.6 Å². The third-order valence-electron chi connectivity index (χ3n) is 3.42. The number of hydrogen-bond acceptors (Lipinski definition) is 6. The number of hydrazone groups is 1. The zero-order valence-corrected chi connectivity index (χ0v) is 13.8. The quantitative estimate of drug-likeness (QED) is 0.477. The van der Waals surface area contributed by atoms with Gasteiger partial charge in [0.05, 0.1) is 12.0 Å². The first kappa shape index (κ1) is 17.4. The maximum atomic E-state index is 12.5. The number of carbonyl (C=O) groups excluding carboxylic acids is 4. The molecule has 1 atom stereocenters. The van der Waals surface area contributed by atoms with Crippen molar-refractivity contribution >= 4 is 47.3 Å². The SMILES string of the molecule is O=C(N/N=C\[C@@H]1C(=O)NC(=O)N(c2ccc(Cl)cc2)C1=O)c1ccco1. The molecular weight excluding hydrogens is 364 g/mol. The van der Waals surface area contributed by atoms with Gasteiger partial charge < -0.3 is 4.42 Å². The van der Waals surface area contributed by atoms with E-state index in [1.165, 1.54) is 42.7 Å². The zero-order valence-electron chi connectivity index (χ0n) is 13.0. The number of urea groups is 1. The number of carbonyl (C=O) groups is 4. The molecule has 0 radical (unpaired) electrons. The number of furan rings is 1. The maximum absolute atomic E-state index is 12.5. The van der Waals surface area contributed by atoms with Crippen LogP contribution < -0.4 is 15.6 Å². The van der Waals surface area contributed by atoms with E-state index in [0.29, 0.717) is 5.02 Å². The fraction of sp³-hybridized carbons (Fsp3) is 0.0625. The van der Waals surface area contributed by atoms with E-state index in [9.17, 15) is 19.2 Å². The van der Waals surface area contributed by atoms with Gasteiger partial charge in [0.25, 0.3) is 5.91 Å². The summed E-state index contributed by atoms with van der Waals surface area (Å²) in [4.78, 5) is 48.9. The highest BCUT2D eigenvalue weighted by atomic mass is 35.5. The van der Waals surface area contributed by atoms with E-state index in [0.717, 1.165) is 11.1 Å². The molecule has 2 aromatic rings. The van der Waals surface area contributed by atoms with E-state index in [1.807, 2.05) is 0 Å². The monoisotopic (exact) mass is 374 g/mol. The molecule has 9 nitrogen and oxygen atoms in total. The first-order valence-electron chi connectivity index (χ1n) is 7.29. The molecule has 0 aliphatic carbocycles. The van der Waals surface area contributed by atoms with Crippen LogP contribution >= 0.6 is 11.6 Å². The molecular formula is C16H11ClN4O5. The Morgan fingerprint density at radius 2 is 1.96 bits per heavy atom.